The van der Waals surface area contributed by atoms with Gasteiger partial charge in [0, 0.05) is 6.42 Å². The van der Waals surface area contributed by atoms with Gasteiger partial charge in [-0.2, -0.15) is 0 Å². The number of halogens is 1. The second kappa shape index (κ2) is 11.6. The summed E-state index contributed by atoms with van der Waals surface area (Å²) in [7, 11) is 0. The van der Waals surface area contributed by atoms with Crippen LogP contribution in [0.5, 0.6) is 0 Å². The third-order valence-corrected chi connectivity index (χ3v) is 6.85. The smallest absolute Gasteiger partial charge is 0.338 e. The Morgan fingerprint density at radius 2 is 1.41 bits per heavy atom. The van der Waals surface area contributed by atoms with E-state index in [0.717, 1.165) is 27.8 Å². The predicted octanol–water partition coefficient (Wildman–Crippen LogP) is 7.02. The number of esters is 2. The fraction of sp³-hybridized carbons (Fsp3) is 0.212. The van der Waals surface area contributed by atoms with Crippen LogP contribution in [0.2, 0.25) is 0 Å². The fourth-order valence-corrected chi connectivity index (χ4v) is 4.59. The first-order chi connectivity index (χ1) is 18.9. The molecule has 1 aliphatic heterocycles. The summed E-state index contributed by atoms with van der Waals surface area (Å²) in [5.74, 6) is -1.22. The van der Waals surface area contributed by atoms with Gasteiger partial charge >= 0.3 is 11.9 Å². The highest BCUT2D eigenvalue weighted by Gasteiger charge is 2.40. The molecule has 0 unspecified atom stereocenters. The molecule has 0 aromatic heterocycles. The Morgan fingerprint density at radius 1 is 0.795 bits per heavy atom. The first-order valence-electron chi connectivity index (χ1n) is 12.9. The molecule has 5 nitrogen and oxygen atoms in total. The first-order valence-corrected chi connectivity index (χ1v) is 12.9. The largest absolute Gasteiger partial charge is 0.459 e. The van der Waals surface area contributed by atoms with Crippen molar-refractivity contribution >= 4 is 11.9 Å². The van der Waals surface area contributed by atoms with Gasteiger partial charge in [-0.15, -0.1) is 0 Å². The number of carbonyl (C=O) groups is 2. The number of carbonyl (C=O) groups excluding carboxylic acids is 2. The van der Waals surface area contributed by atoms with Crippen molar-refractivity contribution in [1.29, 1.82) is 0 Å². The summed E-state index contributed by atoms with van der Waals surface area (Å²) in [6, 6.07) is 28.4. The third-order valence-electron chi connectivity index (χ3n) is 6.85. The van der Waals surface area contributed by atoms with Gasteiger partial charge in [-0.3, -0.25) is 0 Å². The molecule has 198 valence electrons. The standard InChI is InChI=1S/C33H29FO5/c1-21-6-10-24(11-7-21)32(35)37-20-31-30(39-33(36)25-12-8-22(2)9-13-25)19-29(38-31)27-5-3-4-26(18-27)23-14-16-28(34)17-15-23/h3-18,29-31H,19-20H2,1-2H3/t29-,30+,31-/m1/s1. The predicted molar refractivity (Wildman–Crippen MR) is 146 cm³/mol. The maximum absolute atomic E-state index is 13.4. The van der Waals surface area contributed by atoms with Crippen LogP contribution in [0.15, 0.2) is 97.1 Å². The maximum atomic E-state index is 13.4. The highest BCUT2D eigenvalue weighted by atomic mass is 19.1. The van der Waals surface area contributed by atoms with Gasteiger partial charge in [0.2, 0.25) is 0 Å². The molecular weight excluding hydrogens is 495 g/mol. The van der Waals surface area contributed by atoms with Gasteiger partial charge in [0.15, 0.2) is 0 Å². The second-order valence-electron chi connectivity index (χ2n) is 9.81. The number of benzene rings is 4. The summed E-state index contributed by atoms with van der Waals surface area (Å²) in [5.41, 5.74) is 5.65. The Bertz CT molecular complexity index is 1450. The zero-order chi connectivity index (χ0) is 27.4. The van der Waals surface area contributed by atoms with E-state index < -0.39 is 24.1 Å². The topological polar surface area (TPSA) is 61.8 Å². The van der Waals surface area contributed by atoms with Crippen LogP contribution in [0.4, 0.5) is 4.39 Å². The monoisotopic (exact) mass is 524 g/mol. The molecule has 3 atom stereocenters. The number of hydrogen-bond donors (Lipinski definition) is 0. The minimum absolute atomic E-state index is 0.0628. The van der Waals surface area contributed by atoms with Crippen molar-refractivity contribution in [1.82, 2.24) is 0 Å². The SMILES string of the molecule is Cc1ccc(C(=O)OC[C@H]2O[C@@H](c3cccc(-c4ccc(F)cc4)c3)C[C@@H]2OC(=O)c2ccc(C)cc2)cc1. The van der Waals surface area contributed by atoms with E-state index in [1.54, 1.807) is 36.4 Å². The third kappa shape index (κ3) is 6.41. The van der Waals surface area contributed by atoms with E-state index in [-0.39, 0.29) is 18.5 Å². The molecule has 0 spiro atoms. The van der Waals surface area contributed by atoms with Crippen molar-refractivity contribution in [2.24, 2.45) is 0 Å². The van der Waals surface area contributed by atoms with Gasteiger partial charge in [0.05, 0.1) is 17.2 Å². The highest BCUT2D eigenvalue weighted by Crippen LogP contribution is 2.37. The molecule has 4 aromatic carbocycles. The Balaban J connectivity index is 1.34. The van der Waals surface area contributed by atoms with Gasteiger partial charge in [0.25, 0.3) is 0 Å². The molecule has 4 aromatic rings. The van der Waals surface area contributed by atoms with Crippen molar-refractivity contribution in [2.75, 3.05) is 6.61 Å². The van der Waals surface area contributed by atoms with Crippen molar-refractivity contribution in [3.8, 4) is 11.1 Å². The summed E-state index contributed by atoms with van der Waals surface area (Å²) in [6.07, 6.45) is -1.25. The molecule has 0 aliphatic carbocycles. The van der Waals surface area contributed by atoms with Crippen LogP contribution in [0, 0.1) is 19.7 Å². The molecule has 1 saturated heterocycles. The molecular formula is C33H29FO5. The Labute approximate surface area is 227 Å². The second-order valence-corrected chi connectivity index (χ2v) is 9.81. The molecule has 0 amide bonds. The van der Waals surface area contributed by atoms with Crippen LogP contribution in [-0.4, -0.2) is 30.8 Å². The number of rotatable bonds is 7. The number of ether oxygens (including phenoxy) is 3. The zero-order valence-electron chi connectivity index (χ0n) is 21.8. The molecule has 0 N–H and O–H groups in total. The molecule has 5 rings (SSSR count). The van der Waals surface area contributed by atoms with Gasteiger partial charge in [-0.1, -0.05) is 65.7 Å². The van der Waals surface area contributed by atoms with Gasteiger partial charge < -0.3 is 14.2 Å². The van der Waals surface area contributed by atoms with Crippen LogP contribution in [0.3, 0.4) is 0 Å². The summed E-state index contributed by atoms with van der Waals surface area (Å²) >= 11 is 0. The van der Waals surface area contributed by atoms with Crippen LogP contribution in [0.25, 0.3) is 11.1 Å². The molecule has 1 heterocycles. The lowest BCUT2D eigenvalue weighted by atomic mass is 9.98. The Morgan fingerprint density at radius 3 is 2.05 bits per heavy atom. The van der Waals surface area contributed by atoms with Crippen LogP contribution in [0.1, 0.15) is 49.9 Å². The average molecular weight is 525 g/mol. The average Bonchev–Trinajstić information content (AvgIpc) is 3.35. The lowest BCUT2D eigenvalue weighted by molar-refractivity contribution is -0.0427. The van der Waals surface area contributed by atoms with E-state index in [1.165, 1.54) is 12.1 Å². The summed E-state index contributed by atoms with van der Waals surface area (Å²) in [5, 5.41) is 0. The minimum Gasteiger partial charge on any atom is -0.459 e. The molecule has 1 aliphatic rings. The number of hydrogen-bond acceptors (Lipinski definition) is 5. The summed E-state index contributed by atoms with van der Waals surface area (Å²) in [4.78, 5) is 25.6. The lowest BCUT2D eigenvalue weighted by Gasteiger charge is -2.19. The van der Waals surface area contributed by atoms with E-state index in [9.17, 15) is 14.0 Å². The first kappa shape index (κ1) is 26.3. The van der Waals surface area contributed by atoms with Gasteiger partial charge in [-0.25, -0.2) is 14.0 Å². The van der Waals surface area contributed by atoms with E-state index in [4.69, 9.17) is 14.2 Å². The maximum Gasteiger partial charge on any atom is 0.338 e. The summed E-state index contributed by atoms with van der Waals surface area (Å²) < 4.78 is 31.2. The fourth-order valence-electron chi connectivity index (χ4n) is 4.59. The molecule has 0 bridgehead atoms. The summed E-state index contributed by atoms with van der Waals surface area (Å²) in [6.45, 7) is 3.83. The van der Waals surface area contributed by atoms with Crippen molar-refractivity contribution in [3.05, 3.63) is 131 Å². The minimum atomic E-state index is -0.645. The zero-order valence-corrected chi connectivity index (χ0v) is 21.8. The van der Waals surface area contributed by atoms with Crippen LogP contribution >= 0.6 is 0 Å². The van der Waals surface area contributed by atoms with E-state index in [2.05, 4.69) is 0 Å². The molecule has 0 saturated carbocycles. The van der Waals surface area contributed by atoms with E-state index in [0.29, 0.717) is 17.5 Å². The number of aryl methyl sites for hydroxylation is 2. The molecule has 39 heavy (non-hydrogen) atoms. The van der Waals surface area contributed by atoms with E-state index >= 15 is 0 Å². The molecule has 6 heteroatoms. The molecule has 0 radical (unpaired) electrons. The van der Waals surface area contributed by atoms with Crippen molar-refractivity contribution < 1.29 is 28.2 Å². The van der Waals surface area contributed by atoms with E-state index in [1.807, 2.05) is 62.4 Å². The van der Waals surface area contributed by atoms with Gasteiger partial charge in [0.1, 0.15) is 24.6 Å². The molecule has 1 fully saturated rings. The van der Waals surface area contributed by atoms with Crippen LogP contribution in [-0.2, 0) is 14.2 Å². The quantitative estimate of drug-likeness (QED) is 0.243. The Kier molecular flexibility index (Phi) is 7.84. The van der Waals surface area contributed by atoms with Crippen molar-refractivity contribution in [3.63, 3.8) is 0 Å². The van der Waals surface area contributed by atoms with Crippen molar-refractivity contribution in [2.45, 2.75) is 38.6 Å². The Hall–Kier alpha value is -4.29. The van der Waals surface area contributed by atoms with Gasteiger partial charge in [-0.05, 0) is 73.0 Å². The normalized spacial score (nSPS) is 18.5. The lowest BCUT2D eigenvalue weighted by Crippen LogP contribution is -2.32. The van der Waals surface area contributed by atoms with Crippen LogP contribution < -0.4 is 0 Å². The highest BCUT2D eigenvalue weighted by molar-refractivity contribution is 5.90.